The first-order valence-corrected chi connectivity index (χ1v) is 6.01. The van der Waals surface area contributed by atoms with Gasteiger partial charge in [0.15, 0.2) is 0 Å². The van der Waals surface area contributed by atoms with Gasteiger partial charge in [0.2, 0.25) is 0 Å². The van der Waals surface area contributed by atoms with Gasteiger partial charge in [0.25, 0.3) is 0 Å². The second-order valence-corrected chi connectivity index (χ2v) is 5.17. The quantitative estimate of drug-likeness (QED) is 0.806. The minimum atomic E-state index is -0.699. The lowest BCUT2D eigenvalue weighted by Crippen LogP contribution is -1.89. The van der Waals surface area contributed by atoms with Crippen molar-refractivity contribution in [3.05, 3.63) is 46.8 Å². The molecule has 0 aliphatic heterocycles. The molecular formula is C11H5F2NS2. The van der Waals surface area contributed by atoms with Crippen LogP contribution in [0.4, 0.5) is 8.78 Å². The zero-order valence-electron chi connectivity index (χ0n) is 7.91. The van der Waals surface area contributed by atoms with Crippen molar-refractivity contribution in [1.29, 1.82) is 5.26 Å². The number of nitrogens with zero attached hydrogens (tertiary/aromatic N) is 1. The van der Waals surface area contributed by atoms with Crippen molar-refractivity contribution in [2.75, 3.05) is 0 Å². The van der Waals surface area contributed by atoms with Gasteiger partial charge in [-0.1, -0.05) is 17.8 Å². The third-order valence-corrected chi connectivity index (χ3v) is 3.96. The summed E-state index contributed by atoms with van der Waals surface area (Å²) in [5, 5.41) is 10.4. The highest BCUT2D eigenvalue weighted by Crippen LogP contribution is 2.35. The summed E-state index contributed by atoms with van der Waals surface area (Å²) < 4.78 is 27.8. The molecule has 0 bridgehead atoms. The van der Waals surface area contributed by atoms with Gasteiger partial charge in [-0.3, -0.25) is 0 Å². The number of nitriles is 1. The predicted molar refractivity (Wildman–Crippen MR) is 59.5 cm³/mol. The molecule has 0 aliphatic carbocycles. The van der Waals surface area contributed by atoms with E-state index < -0.39 is 11.6 Å². The van der Waals surface area contributed by atoms with E-state index >= 15 is 0 Å². The van der Waals surface area contributed by atoms with Crippen molar-refractivity contribution in [1.82, 2.24) is 0 Å². The highest BCUT2D eigenvalue weighted by atomic mass is 32.2. The topological polar surface area (TPSA) is 23.8 Å². The minimum absolute atomic E-state index is 0.00877. The first-order chi connectivity index (χ1) is 7.70. The van der Waals surface area contributed by atoms with Crippen LogP contribution < -0.4 is 0 Å². The van der Waals surface area contributed by atoms with Crippen LogP contribution in [0.15, 0.2) is 38.8 Å². The smallest absolute Gasteiger partial charge is 0.141 e. The van der Waals surface area contributed by atoms with E-state index in [0.29, 0.717) is 0 Å². The van der Waals surface area contributed by atoms with Gasteiger partial charge >= 0.3 is 0 Å². The summed E-state index contributed by atoms with van der Waals surface area (Å²) >= 11 is 2.44. The van der Waals surface area contributed by atoms with Crippen LogP contribution in [0.25, 0.3) is 0 Å². The second-order valence-electron chi connectivity index (χ2n) is 2.91. The maximum atomic E-state index is 13.5. The summed E-state index contributed by atoms with van der Waals surface area (Å²) in [6.45, 7) is 0. The lowest BCUT2D eigenvalue weighted by Gasteiger charge is -2.03. The molecule has 16 heavy (non-hydrogen) atoms. The highest BCUT2D eigenvalue weighted by Gasteiger charge is 2.13. The molecule has 1 nitrogen and oxygen atoms in total. The van der Waals surface area contributed by atoms with Crippen molar-refractivity contribution in [3.63, 3.8) is 0 Å². The number of hydrogen-bond donors (Lipinski definition) is 0. The molecule has 1 aromatic heterocycles. The Morgan fingerprint density at radius 1 is 1.25 bits per heavy atom. The van der Waals surface area contributed by atoms with E-state index in [1.54, 1.807) is 12.1 Å². The van der Waals surface area contributed by atoms with Gasteiger partial charge in [0, 0.05) is 0 Å². The van der Waals surface area contributed by atoms with E-state index in [-0.39, 0.29) is 10.5 Å². The molecule has 5 heteroatoms. The standard InChI is InChI=1S/C11H5F2NS2/c12-8-4-7(6-14)5-9(13)11(8)16-10-2-1-3-15-10/h1-5H. The molecule has 2 rings (SSSR count). The molecule has 1 aromatic carbocycles. The van der Waals surface area contributed by atoms with Gasteiger partial charge in [0.1, 0.15) is 11.6 Å². The van der Waals surface area contributed by atoms with Crippen molar-refractivity contribution in [3.8, 4) is 6.07 Å². The minimum Gasteiger partial charge on any atom is -0.206 e. The first kappa shape index (κ1) is 11.1. The molecule has 1 heterocycles. The van der Waals surface area contributed by atoms with E-state index in [2.05, 4.69) is 0 Å². The molecule has 0 saturated carbocycles. The van der Waals surface area contributed by atoms with Gasteiger partial charge in [-0.25, -0.2) is 8.78 Å². The number of rotatable bonds is 2. The fraction of sp³-hybridized carbons (Fsp3) is 0. The fourth-order valence-electron chi connectivity index (χ4n) is 1.14. The Morgan fingerprint density at radius 2 is 1.94 bits per heavy atom. The largest absolute Gasteiger partial charge is 0.206 e. The first-order valence-electron chi connectivity index (χ1n) is 4.31. The Bertz CT molecular complexity index is 521. The van der Waals surface area contributed by atoms with Crippen molar-refractivity contribution in [2.24, 2.45) is 0 Å². The lowest BCUT2D eigenvalue weighted by atomic mass is 10.2. The maximum Gasteiger partial charge on any atom is 0.141 e. The summed E-state index contributed by atoms with van der Waals surface area (Å²) in [6.07, 6.45) is 0. The molecule has 0 radical (unpaired) electrons. The number of hydrogen-bond acceptors (Lipinski definition) is 3. The zero-order chi connectivity index (χ0) is 11.5. The summed E-state index contributed by atoms with van der Waals surface area (Å²) in [4.78, 5) is -0.0681. The van der Waals surface area contributed by atoms with Crippen molar-refractivity contribution in [2.45, 2.75) is 9.10 Å². The lowest BCUT2D eigenvalue weighted by molar-refractivity contribution is 0.540. The Morgan fingerprint density at radius 3 is 2.44 bits per heavy atom. The van der Waals surface area contributed by atoms with E-state index in [0.717, 1.165) is 28.1 Å². The van der Waals surface area contributed by atoms with Crippen LogP contribution in [-0.4, -0.2) is 0 Å². The number of benzene rings is 1. The third kappa shape index (κ3) is 2.23. The van der Waals surface area contributed by atoms with Crippen LogP contribution in [0.2, 0.25) is 0 Å². The van der Waals surface area contributed by atoms with Gasteiger partial charge in [-0.05, 0) is 23.6 Å². The van der Waals surface area contributed by atoms with E-state index in [1.165, 1.54) is 11.3 Å². The third-order valence-electron chi connectivity index (χ3n) is 1.83. The zero-order valence-corrected chi connectivity index (χ0v) is 9.54. The molecule has 0 amide bonds. The van der Waals surface area contributed by atoms with Crippen LogP contribution in [0, 0.1) is 23.0 Å². The van der Waals surface area contributed by atoms with Crippen molar-refractivity contribution < 1.29 is 8.78 Å². The summed E-state index contributed by atoms with van der Waals surface area (Å²) in [6, 6.07) is 7.39. The van der Waals surface area contributed by atoms with Crippen LogP contribution in [0.5, 0.6) is 0 Å². The summed E-state index contributed by atoms with van der Waals surface area (Å²) in [5.41, 5.74) is -0.00877. The molecular weight excluding hydrogens is 248 g/mol. The highest BCUT2D eigenvalue weighted by molar-refractivity contribution is 8.01. The molecule has 0 saturated heterocycles. The van der Waals surface area contributed by atoms with Crippen LogP contribution >= 0.6 is 23.1 Å². The van der Waals surface area contributed by atoms with Gasteiger partial charge in [-0.2, -0.15) is 5.26 Å². The van der Waals surface area contributed by atoms with Crippen LogP contribution in [-0.2, 0) is 0 Å². The maximum absolute atomic E-state index is 13.5. The molecule has 80 valence electrons. The Balaban J connectivity index is 2.39. The molecule has 0 spiro atoms. The van der Waals surface area contributed by atoms with Gasteiger partial charge in [-0.15, -0.1) is 11.3 Å². The second kappa shape index (κ2) is 4.64. The van der Waals surface area contributed by atoms with E-state index in [4.69, 9.17) is 5.26 Å². The number of thiophene rings is 1. The molecule has 0 atom stereocenters. The average Bonchev–Trinajstić information content (AvgIpc) is 2.75. The summed E-state index contributed by atoms with van der Waals surface area (Å²) in [5.74, 6) is -1.40. The Kier molecular flexibility index (Phi) is 3.22. The Labute approximate surface area is 99.3 Å². The average molecular weight is 253 g/mol. The monoisotopic (exact) mass is 253 g/mol. The van der Waals surface area contributed by atoms with E-state index in [1.807, 2.05) is 11.4 Å². The predicted octanol–water partition coefficient (Wildman–Crippen LogP) is 4.05. The van der Waals surface area contributed by atoms with Crippen LogP contribution in [0.3, 0.4) is 0 Å². The molecule has 0 unspecified atom stereocenters. The van der Waals surface area contributed by atoms with Crippen molar-refractivity contribution >= 4 is 23.1 Å². The SMILES string of the molecule is N#Cc1cc(F)c(Sc2cccs2)c(F)c1. The van der Waals surface area contributed by atoms with E-state index in [9.17, 15) is 8.78 Å². The molecule has 2 aromatic rings. The van der Waals surface area contributed by atoms with Crippen LogP contribution in [0.1, 0.15) is 5.56 Å². The molecule has 0 N–H and O–H groups in total. The van der Waals surface area contributed by atoms with Gasteiger partial charge < -0.3 is 0 Å². The summed E-state index contributed by atoms with van der Waals surface area (Å²) in [7, 11) is 0. The normalized spacial score (nSPS) is 10.1. The Hall–Kier alpha value is -1.38. The molecule has 0 aliphatic rings. The van der Waals surface area contributed by atoms with Gasteiger partial charge in [0.05, 0.1) is 20.7 Å². The fourth-order valence-corrected chi connectivity index (χ4v) is 2.86. The number of halogens is 2. The molecule has 0 fully saturated rings.